The highest BCUT2D eigenvalue weighted by molar-refractivity contribution is 7.99. The molecule has 1 N–H and O–H groups in total. The first-order valence-corrected chi connectivity index (χ1v) is 6.31. The van der Waals surface area contributed by atoms with Crippen molar-refractivity contribution in [1.82, 2.24) is 5.32 Å². The van der Waals surface area contributed by atoms with E-state index in [-0.39, 0.29) is 11.7 Å². The number of carbonyl (C=O) groups is 1. The lowest BCUT2D eigenvalue weighted by molar-refractivity contribution is 0.0641. The van der Waals surface area contributed by atoms with Gasteiger partial charge < -0.3 is 10.1 Å². The molecule has 0 radical (unpaired) electrons. The van der Waals surface area contributed by atoms with Gasteiger partial charge in [-0.15, -0.1) is 0 Å². The second-order valence-electron chi connectivity index (χ2n) is 4.39. The molecule has 0 aromatic carbocycles. The van der Waals surface area contributed by atoms with E-state index in [2.05, 4.69) is 5.32 Å². The van der Waals surface area contributed by atoms with Crippen molar-refractivity contribution in [2.45, 2.75) is 43.5 Å². The lowest BCUT2D eigenvalue weighted by Gasteiger charge is -2.29. The minimum atomic E-state index is -0.258. The van der Waals surface area contributed by atoms with Crippen molar-refractivity contribution in [2.24, 2.45) is 0 Å². The Morgan fingerprint density at radius 1 is 1.64 bits per heavy atom. The maximum atomic E-state index is 11.0. The highest BCUT2D eigenvalue weighted by Gasteiger charge is 2.37. The molecule has 2 heterocycles. The molecule has 2 aliphatic rings. The SMILES string of the molecule is CC1(CC2CCCCS2)CNC(=O)O1. The average molecular weight is 215 g/mol. The van der Waals surface area contributed by atoms with E-state index in [0.717, 1.165) is 6.42 Å². The Kier molecular flexibility index (Phi) is 2.91. The van der Waals surface area contributed by atoms with Crippen LogP contribution < -0.4 is 5.32 Å². The molecule has 2 atom stereocenters. The molecule has 80 valence electrons. The zero-order valence-corrected chi connectivity index (χ0v) is 9.36. The van der Waals surface area contributed by atoms with Gasteiger partial charge in [-0.05, 0) is 25.5 Å². The quantitative estimate of drug-likeness (QED) is 0.767. The Labute approximate surface area is 89.0 Å². The fourth-order valence-corrected chi connectivity index (χ4v) is 3.63. The maximum Gasteiger partial charge on any atom is 0.407 e. The van der Waals surface area contributed by atoms with Gasteiger partial charge in [0, 0.05) is 11.7 Å². The van der Waals surface area contributed by atoms with Crippen LogP contribution in [0.2, 0.25) is 0 Å². The van der Waals surface area contributed by atoms with Crippen LogP contribution in [-0.2, 0) is 4.74 Å². The van der Waals surface area contributed by atoms with Gasteiger partial charge in [-0.3, -0.25) is 0 Å². The van der Waals surface area contributed by atoms with Crippen molar-refractivity contribution in [2.75, 3.05) is 12.3 Å². The van der Waals surface area contributed by atoms with Gasteiger partial charge in [0.15, 0.2) is 0 Å². The summed E-state index contributed by atoms with van der Waals surface area (Å²) >= 11 is 2.03. The van der Waals surface area contributed by atoms with Crippen LogP contribution in [0.1, 0.15) is 32.6 Å². The van der Waals surface area contributed by atoms with Gasteiger partial charge in [0.1, 0.15) is 5.60 Å². The summed E-state index contributed by atoms with van der Waals surface area (Å²) in [5.41, 5.74) is -0.258. The van der Waals surface area contributed by atoms with Crippen LogP contribution in [0, 0.1) is 0 Å². The van der Waals surface area contributed by atoms with Crippen LogP contribution in [0.25, 0.3) is 0 Å². The van der Waals surface area contributed by atoms with Crippen LogP contribution in [0.15, 0.2) is 0 Å². The summed E-state index contributed by atoms with van der Waals surface area (Å²) in [4.78, 5) is 11.0. The van der Waals surface area contributed by atoms with Gasteiger partial charge in [-0.25, -0.2) is 4.79 Å². The van der Waals surface area contributed by atoms with E-state index in [0.29, 0.717) is 11.8 Å². The predicted octanol–water partition coefficient (Wildman–Crippen LogP) is 2.16. The number of hydrogen-bond donors (Lipinski definition) is 1. The Morgan fingerprint density at radius 3 is 3.07 bits per heavy atom. The molecule has 0 saturated carbocycles. The second kappa shape index (κ2) is 4.01. The van der Waals surface area contributed by atoms with E-state index in [1.807, 2.05) is 18.7 Å². The van der Waals surface area contributed by atoms with Crippen molar-refractivity contribution in [1.29, 1.82) is 0 Å². The third-order valence-electron chi connectivity index (χ3n) is 2.88. The molecule has 2 aliphatic heterocycles. The van der Waals surface area contributed by atoms with Gasteiger partial charge >= 0.3 is 6.09 Å². The molecule has 0 bridgehead atoms. The molecular formula is C10H17NO2S. The topological polar surface area (TPSA) is 38.3 Å². The fourth-order valence-electron chi connectivity index (χ4n) is 2.12. The predicted molar refractivity (Wildman–Crippen MR) is 57.6 cm³/mol. The molecule has 0 spiro atoms. The Hall–Kier alpha value is -0.380. The average Bonchev–Trinajstić information content (AvgIpc) is 2.47. The number of hydrogen-bond acceptors (Lipinski definition) is 3. The first kappa shape index (κ1) is 10.1. The van der Waals surface area contributed by atoms with Crippen molar-refractivity contribution < 1.29 is 9.53 Å². The number of cyclic esters (lactones) is 1. The van der Waals surface area contributed by atoms with Crippen molar-refractivity contribution >= 4 is 17.9 Å². The van der Waals surface area contributed by atoms with E-state index < -0.39 is 0 Å². The summed E-state index contributed by atoms with van der Waals surface area (Å²) in [6, 6.07) is 0. The summed E-state index contributed by atoms with van der Waals surface area (Å²) in [7, 11) is 0. The summed E-state index contributed by atoms with van der Waals surface area (Å²) in [5, 5.41) is 3.41. The molecule has 0 aliphatic carbocycles. The lowest BCUT2D eigenvalue weighted by atomic mass is 9.97. The minimum Gasteiger partial charge on any atom is -0.441 e. The zero-order chi connectivity index (χ0) is 10.0. The van der Waals surface area contributed by atoms with Gasteiger partial charge in [-0.2, -0.15) is 11.8 Å². The normalized spacial score (nSPS) is 37.8. The molecule has 3 nitrogen and oxygen atoms in total. The second-order valence-corrected chi connectivity index (χ2v) is 5.79. The van der Waals surface area contributed by atoms with E-state index in [1.165, 1.54) is 25.0 Å². The van der Waals surface area contributed by atoms with Crippen LogP contribution >= 0.6 is 11.8 Å². The number of alkyl carbamates (subject to hydrolysis) is 1. The molecule has 2 saturated heterocycles. The zero-order valence-electron chi connectivity index (χ0n) is 8.54. The van der Waals surface area contributed by atoms with Crippen LogP contribution in [0.3, 0.4) is 0 Å². The number of rotatable bonds is 2. The molecule has 0 aromatic rings. The minimum absolute atomic E-state index is 0.256. The summed E-state index contributed by atoms with van der Waals surface area (Å²) < 4.78 is 5.29. The van der Waals surface area contributed by atoms with Crippen LogP contribution in [0.5, 0.6) is 0 Å². The molecule has 2 rings (SSSR count). The largest absolute Gasteiger partial charge is 0.441 e. The van der Waals surface area contributed by atoms with Gasteiger partial charge in [0.2, 0.25) is 0 Å². The van der Waals surface area contributed by atoms with E-state index >= 15 is 0 Å². The number of ether oxygens (including phenoxy) is 1. The third-order valence-corrected chi connectivity index (χ3v) is 4.28. The molecule has 2 unspecified atom stereocenters. The Balaban J connectivity index is 1.86. The van der Waals surface area contributed by atoms with Gasteiger partial charge in [0.05, 0.1) is 6.54 Å². The van der Waals surface area contributed by atoms with E-state index in [9.17, 15) is 4.79 Å². The van der Waals surface area contributed by atoms with Crippen molar-refractivity contribution in [3.63, 3.8) is 0 Å². The first-order chi connectivity index (χ1) is 6.68. The molecule has 14 heavy (non-hydrogen) atoms. The third kappa shape index (κ3) is 2.35. The van der Waals surface area contributed by atoms with Gasteiger partial charge in [-0.1, -0.05) is 6.42 Å². The number of amides is 1. The van der Waals surface area contributed by atoms with Crippen molar-refractivity contribution in [3.05, 3.63) is 0 Å². The summed E-state index contributed by atoms with van der Waals surface area (Å²) in [6.45, 7) is 2.70. The Morgan fingerprint density at radius 2 is 2.50 bits per heavy atom. The molecule has 2 fully saturated rings. The number of carbonyl (C=O) groups excluding carboxylic acids is 1. The molecular weight excluding hydrogens is 198 g/mol. The van der Waals surface area contributed by atoms with E-state index in [4.69, 9.17) is 4.74 Å². The highest BCUT2D eigenvalue weighted by Crippen LogP contribution is 2.33. The molecule has 1 amide bonds. The van der Waals surface area contributed by atoms with Crippen molar-refractivity contribution in [3.8, 4) is 0 Å². The summed E-state index contributed by atoms with van der Waals surface area (Å²) in [6.07, 6.45) is 4.69. The van der Waals surface area contributed by atoms with Crippen LogP contribution in [-0.4, -0.2) is 29.2 Å². The number of thioether (sulfide) groups is 1. The monoisotopic (exact) mass is 215 g/mol. The van der Waals surface area contributed by atoms with Crippen LogP contribution in [0.4, 0.5) is 4.79 Å². The molecule has 0 aromatic heterocycles. The smallest absolute Gasteiger partial charge is 0.407 e. The first-order valence-electron chi connectivity index (χ1n) is 5.26. The van der Waals surface area contributed by atoms with E-state index in [1.54, 1.807) is 0 Å². The summed E-state index contributed by atoms with van der Waals surface area (Å²) in [5.74, 6) is 1.27. The maximum absolute atomic E-state index is 11.0. The number of nitrogens with one attached hydrogen (secondary N) is 1. The standard InChI is InChI=1S/C10H17NO2S/c1-10(7-11-9(12)13-10)6-8-4-2-3-5-14-8/h8H,2-7H2,1H3,(H,11,12). The fraction of sp³-hybridized carbons (Fsp3) is 0.900. The Bertz CT molecular complexity index is 228. The highest BCUT2D eigenvalue weighted by atomic mass is 32.2. The molecule has 4 heteroatoms. The lowest BCUT2D eigenvalue weighted by Crippen LogP contribution is -2.33. The van der Waals surface area contributed by atoms with Gasteiger partial charge in [0.25, 0.3) is 0 Å².